The van der Waals surface area contributed by atoms with E-state index in [1.165, 1.54) is 16.8 Å². The highest BCUT2D eigenvalue weighted by atomic mass is 16.5. The number of ether oxygens (including phenoxy) is 1. The number of hydrogen-bond acceptors (Lipinski definition) is 5. The minimum absolute atomic E-state index is 0.0752. The van der Waals surface area contributed by atoms with Gasteiger partial charge in [0.25, 0.3) is 5.56 Å². The molecule has 1 fully saturated rings. The van der Waals surface area contributed by atoms with Gasteiger partial charge in [-0.1, -0.05) is 6.07 Å². The molecule has 1 saturated heterocycles. The van der Waals surface area contributed by atoms with Crippen LogP contribution in [-0.2, 0) is 26.1 Å². The lowest BCUT2D eigenvalue weighted by Gasteiger charge is -2.34. The minimum Gasteiger partial charge on any atom is -0.496 e. The molecule has 0 spiro atoms. The standard InChI is InChI=1S/C23H32N4O2/c1-25(2)15-19-12-17(8-9-21(19)29-3)14-26-10-4-6-18(16-26)20-13-23(28)24-22-7-5-11-27(20)22/h8-9,12-13,18H,4-7,10-11,14-16H2,1-3H3/t18-/m0/s1. The monoisotopic (exact) mass is 396 g/mol. The van der Waals surface area contributed by atoms with E-state index in [1.807, 2.05) is 0 Å². The lowest BCUT2D eigenvalue weighted by atomic mass is 9.93. The molecular formula is C23H32N4O2. The number of aryl methyl sites for hydroxylation is 1. The van der Waals surface area contributed by atoms with Gasteiger partial charge in [0.2, 0.25) is 0 Å². The van der Waals surface area contributed by atoms with Crippen molar-refractivity contribution in [2.75, 3.05) is 34.3 Å². The number of aromatic nitrogens is 2. The summed E-state index contributed by atoms with van der Waals surface area (Å²) >= 11 is 0. The number of methoxy groups -OCH3 is 1. The Labute approximate surface area is 173 Å². The summed E-state index contributed by atoms with van der Waals surface area (Å²) in [6.45, 7) is 4.90. The number of likely N-dealkylation sites (tertiary alicyclic amines) is 1. The van der Waals surface area contributed by atoms with E-state index in [0.717, 1.165) is 70.0 Å². The van der Waals surface area contributed by atoms with Gasteiger partial charge in [0.1, 0.15) is 11.6 Å². The van der Waals surface area contributed by atoms with Crippen molar-refractivity contribution in [2.45, 2.75) is 51.2 Å². The Balaban J connectivity index is 1.51. The number of rotatable bonds is 6. The molecule has 0 bridgehead atoms. The Kier molecular flexibility index (Phi) is 6.01. The van der Waals surface area contributed by atoms with E-state index in [9.17, 15) is 4.79 Å². The molecule has 2 aliphatic rings. The Morgan fingerprint density at radius 3 is 2.86 bits per heavy atom. The highest BCUT2D eigenvalue weighted by Gasteiger charge is 2.26. The molecule has 6 nitrogen and oxygen atoms in total. The topological polar surface area (TPSA) is 50.6 Å². The third kappa shape index (κ3) is 4.54. The fraction of sp³-hybridized carbons (Fsp3) is 0.565. The number of nitrogens with zero attached hydrogens (tertiary/aromatic N) is 4. The molecule has 0 radical (unpaired) electrons. The molecule has 0 N–H and O–H groups in total. The predicted octanol–water partition coefficient (Wildman–Crippen LogP) is 2.64. The van der Waals surface area contributed by atoms with Crippen molar-refractivity contribution in [2.24, 2.45) is 0 Å². The molecule has 2 aromatic rings. The number of fused-ring (bicyclic) bond motifs is 1. The van der Waals surface area contributed by atoms with Gasteiger partial charge >= 0.3 is 0 Å². The lowest BCUT2D eigenvalue weighted by molar-refractivity contribution is 0.196. The molecule has 1 aromatic carbocycles. The summed E-state index contributed by atoms with van der Waals surface area (Å²) in [5.41, 5.74) is 3.67. The van der Waals surface area contributed by atoms with E-state index >= 15 is 0 Å². The molecule has 29 heavy (non-hydrogen) atoms. The summed E-state index contributed by atoms with van der Waals surface area (Å²) in [7, 11) is 5.89. The summed E-state index contributed by atoms with van der Waals surface area (Å²) in [5, 5.41) is 0. The second-order valence-electron chi connectivity index (χ2n) is 8.65. The van der Waals surface area contributed by atoms with Gasteiger partial charge in [-0.15, -0.1) is 0 Å². The van der Waals surface area contributed by atoms with Crippen LogP contribution in [0, 0.1) is 0 Å². The van der Waals surface area contributed by atoms with Crippen LogP contribution in [0.5, 0.6) is 5.75 Å². The van der Waals surface area contributed by atoms with Gasteiger partial charge in [-0.3, -0.25) is 9.69 Å². The average molecular weight is 397 g/mol. The van der Waals surface area contributed by atoms with Crippen molar-refractivity contribution in [3.63, 3.8) is 0 Å². The molecule has 0 aliphatic carbocycles. The Bertz CT molecular complexity index is 922. The largest absolute Gasteiger partial charge is 0.496 e. The molecular weight excluding hydrogens is 364 g/mol. The second kappa shape index (κ2) is 8.67. The molecule has 2 aliphatic heterocycles. The Hall–Kier alpha value is -2.18. The molecule has 6 heteroatoms. The van der Waals surface area contributed by atoms with E-state index in [0.29, 0.717) is 5.92 Å². The average Bonchev–Trinajstić information content (AvgIpc) is 3.15. The van der Waals surface area contributed by atoms with E-state index in [1.54, 1.807) is 13.2 Å². The van der Waals surface area contributed by atoms with Crippen molar-refractivity contribution in [1.29, 1.82) is 0 Å². The maximum atomic E-state index is 12.1. The Morgan fingerprint density at radius 1 is 1.21 bits per heavy atom. The quantitative estimate of drug-likeness (QED) is 0.751. The maximum absolute atomic E-state index is 12.1. The summed E-state index contributed by atoms with van der Waals surface area (Å²) < 4.78 is 7.85. The second-order valence-corrected chi connectivity index (χ2v) is 8.65. The van der Waals surface area contributed by atoms with E-state index in [2.05, 4.69) is 51.6 Å². The van der Waals surface area contributed by atoms with Crippen LogP contribution in [-0.4, -0.2) is 53.6 Å². The summed E-state index contributed by atoms with van der Waals surface area (Å²) in [5.74, 6) is 2.34. The molecule has 1 atom stereocenters. The smallest absolute Gasteiger partial charge is 0.273 e. The fourth-order valence-corrected chi connectivity index (χ4v) is 4.85. The number of hydrogen-bond donors (Lipinski definition) is 0. The third-order valence-electron chi connectivity index (χ3n) is 6.08. The van der Waals surface area contributed by atoms with E-state index in [-0.39, 0.29) is 5.56 Å². The van der Waals surface area contributed by atoms with Crippen LogP contribution in [0.25, 0.3) is 0 Å². The van der Waals surface area contributed by atoms with E-state index < -0.39 is 0 Å². The van der Waals surface area contributed by atoms with Crippen molar-refractivity contribution < 1.29 is 4.74 Å². The molecule has 3 heterocycles. The molecule has 0 unspecified atom stereocenters. The first kappa shape index (κ1) is 20.1. The highest BCUT2D eigenvalue weighted by molar-refractivity contribution is 5.37. The third-order valence-corrected chi connectivity index (χ3v) is 6.08. The summed E-state index contributed by atoms with van der Waals surface area (Å²) in [6, 6.07) is 8.32. The number of benzene rings is 1. The Morgan fingerprint density at radius 2 is 2.07 bits per heavy atom. The van der Waals surface area contributed by atoms with Gasteiger partial charge in [0, 0.05) is 55.8 Å². The van der Waals surface area contributed by atoms with Gasteiger partial charge in [-0.25, -0.2) is 0 Å². The van der Waals surface area contributed by atoms with Gasteiger partial charge < -0.3 is 14.2 Å². The fourth-order valence-electron chi connectivity index (χ4n) is 4.85. The first-order valence-electron chi connectivity index (χ1n) is 10.7. The van der Waals surface area contributed by atoms with Crippen molar-refractivity contribution in [3.8, 4) is 5.75 Å². The highest BCUT2D eigenvalue weighted by Crippen LogP contribution is 2.30. The van der Waals surface area contributed by atoms with Crippen molar-refractivity contribution in [3.05, 3.63) is 57.3 Å². The number of piperidine rings is 1. The first-order chi connectivity index (χ1) is 14.0. The van der Waals surface area contributed by atoms with Gasteiger partial charge in [0.15, 0.2) is 0 Å². The maximum Gasteiger partial charge on any atom is 0.273 e. The van der Waals surface area contributed by atoms with Gasteiger partial charge in [-0.05, 0) is 57.6 Å². The van der Waals surface area contributed by atoms with Gasteiger partial charge in [0.05, 0.1) is 7.11 Å². The predicted molar refractivity (Wildman–Crippen MR) is 114 cm³/mol. The summed E-state index contributed by atoms with van der Waals surface area (Å²) in [6.07, 6.45) is 4.34. The van der Waals surface area contributed by atoms with Gasteiger partial charge in [-0.2, -0.15) is 4.98 Å². The molecule has 1 aromatic heterocycles. The summed E-state index contributed by atoms with van der Waals surface area (Å²) in [4.78, 5) is 21.0. The minimum atomic E-state index is -0.0752. The zero-order valence-electron chi connectivity index (χ0n) is 17.9. The van der Waals surface area contributed by atoms with Crippen LogP contribution in [0.3, 0.4) is 0 Å². The molecule has 156 valence electrons. The zero-order valence-corrected chi connectivity index (χ0v) is 17.9. The first-order valence-corrected chi connectivity index (χ1v) is 10.7. The van der Waals surface area contributed by atoms with Crippen molar-refractivity contribution >= 4 is 0 Å². The molecule has 0 saturated carbocycles. The van der Waals surface area contributed by atoms with Crippen LogP contribution in [0.4, 0.5) is 0 Å². The zero-order chi connectivity index (χ0) is 20.4. The van der Waals surface area contributed by atoms with Crippen LogP contribution in [0.15, 0.2) is 29.1 Å². The van der Waals surface area contributed by atoms with Crippen LogP contribution in [0.2, 0.25) is 0 Å². The molecule has 0 amide bonds. The van der Waals surface area contributed by atoms with E-state index in [4.69, 9.17) is 4.74 Å². The SMILES string of the molecule is COc1ccc(CN2CCC[C@H](c3cc(=O)nc4n3CCC4)C2)cc1CN(C)C. The van der Waals surface area contributed by atoms with Crippen LogP contribution < -0.4 is 10.3 Å². The normalized spacial score (nSPS) is 19.5. The molecule has 4 rings (SSSR count). The lowest BCUT2D eigenvalue weighted by Crippen LogP contribution is -2.35. The van der Waals surface area contributed by atoms with Crippen molar-refractivity contribution in [1.82, 2.24) is 19.4 Å². The van der Waals surface area contributed by atoms with Crippen LogP contribution in [0.1, 0.15) is 47.8 Å². The van der Waals surface area contributed by atoms with Crippen LogP contribution >= 0.6 is 0 Å².